The highest BCUT2D eigenvalue weighted by molar-refractivity contribution is 8.00. The average molecular weight is 899 g/mol. The lowest BCUT2D eigenvalue weighted by molar-refractivity contribution is -0.144. The van der Waals surface area contributed by atoms with Crippen LogP contribution in [0.1, 0.15) is 31.2 Å². The quantitative estimate of drug-likeness (QED) is 0.0296. The zero-order valence-electron chi connectivity index (χ0n) is 34.3. The summed E-state index contributed by atoms with van der Waals surface area (Å²) in [5.41, 5.74) is 0.998. The Bertz CT molecular complexity index is 1630. The third kappa shape index (κ3) is 21.0. The minimum atomic E-state index is -1.33. The number of rotatable bonds is 33. The van der Waals surface area contributed by atoms with Gasteiger partial charge in [0.2, 0.25) is 5.91 Å². The SMILES string of the molecule is O=C(O)CN(CCN(CC(=O)O)CC(Cc1ccc(NC(=O)NCCOCCOCCNC(=O)CCCC[C@@H]2SC[C@@H]3NC(=O)N[C@@H]32)cc1)N(CC(=O)O)CC(=O)O)CC(=O)O. The molecule has 0 saturated carbocycles. The molecule has 0 spiro atoms. The first-order chi connectivity index (χ1) is 29.6. The number of hydrogen-bond acceptors (Lipinski definition) is 14. The van der Waals surface area contributed by atoms with E-state index in [4.69, 9.17) is 9.47 Å². The lowest BCUT2D eigenvalue weighted by Gasteiger charge is -2.34. The highest BCUT2D eigenvalue weighted by Crippen LogP contribution is 2.33. The van der Waals surface area contributed by atoms with Crippen molar-refractivity contribution in [1.82, 2.24) is 36.0 Å². The van der Waals surface area contributed by atoms with Crippen molar-refractivity contribution in [3.8, 4) is 0 Å². The minimum Gasteiger partial charge on any atom is -0.480 e. The Kier molecular flexibility index (Phi) is 22.8. The lowest BCUT2D eigenvalue weighted by Crippen LogP contribution is -2.51. The summed E-state index contributed by atoms with van der Waals surface area (Å²) in [5.74, 6) is -5.64. The first-order valence-electron chi connectivity index (χ1n) is 20.1. The number of amides is 5. The second-order valence-corrected chi connectivity index (χ2v) is 16.0. The number of hydrogen-bond donors (Lipinski definition) is 10. The molecule has 24 heteroatoms. The average Bonchev–Trinajstić information content (AvgIpc) is 3.74. The Morgan fingerprint density at radius 2 is 1.29 bits per heavy atom. The van der Waals surface area contributed by atoms with Crippen LogP contribution in [0.25, 0.3) is 0 Å². The molecular formula is C38H58N8O15S. The molecule has 0 radical (unpaired) electrons. The van der Waals surface area contributed by atoms with Crippen LogP contribution in [-0.4, -0.2) is 209 Å². The van der Waals surface area contributed by atoms with Crippen LogP contribution in [0.15, 0.2) is 24.3 Å². The molecule has 346 valence electrons. The molecule has 2 aliphatic rings. The van der Waals surface area contributed by atoms with Crippen LogP contribution in [-0.2, 0) is 44.7 Å². The van der Waals surface area contributed by atoms with E-state index in [2.05, 4.69) is 26.6 Å². The van der Waals surface area contributed by atoms with E-state index >= 15 is 0 Å². The van der Waals surface area contributed by atoms with Crippen molar-refractivity contribution >= 4 is 65.3 Å². The van der Waals surface area contributed by atoms with E-state index in [0.717, 1.165) is 34.8 Å². The Labute approximate surface area is 362 Å². The number of anilines is 1. The van der Waals surface area contributed by atoms with E-state index in [1.807, 2.05) is 11.8 Å². The number of carbonyl (C=O) groups is 8. The molecular weight excluding hydrogens is 841 g/mol. The predicted octanol–water partition coefficient (Wildman–Crippen LogP) is -1.08. The molecule has 2 fully saturated rings. The van der Waals surface area contributed by atoms with E-state index in [-0.39, 0.29) is 69.8 Å². The number of nitrogens with zero attached hydrogens (tertiary/aromatic N) is 3. The molecule has 23 nitrogen and oxygen atoms in total. The van der Waals surface area contributed by atoms with Gasteiger partial charge in [-0.05, 0) is 37.0 Å². The number of urea groups is 2. The minimum absolute atomic E-state index is 0.0420. The fourth-order valence-corrected chi connectivity index (χ4v) is 8.47. The molecule has 2 heterocycles. The molecule has 0 aliphatic carbocycles. The normalized spacial score (nSPS) is 17.3. The molecule has 1 aromatic rings. The second kappa shape index (κ2) is 27.6. The maximum absolute atomic E-state index is 12.5. The van der Waals surface area contributed by atoms with E-state index in [1.54, 1.807) is 24.3 Å². The van der Waals surface area contributed by atoms with Crippen LogP contribution in [0.3, 0.4) is 0 Å². The van der Waals surface area contributed by atoms with Crippen LogP contribution >= 0.6 is 11.8 Å². The molecule has 0 aromatic heterocycles. The van der Waals surface area contributed by atoms with Crippen molar-refractivity contribution in [2.75, 3.05) is 103 Å². The molecule has 3 rings (SSSR count). The third-order valence-electron chi connectivity index (χ3n) is 9.71. The number of carboxylic acid groups (broad SMARTS) is 5. The highest BCUT2D eigenvalue weighted by atomic mass is 32.2. The Balaban J connectivity index is 1.36. The third-order valence-corrected chi connectivity index (χ3v) is 11.2. The second-order valence-electron chi connectivity index (χ2n) is 14.7. The number of carboxylic acids is 5. The molecule has 4 atom stereocenters. The van der Waals surface area contributed by atoms with Gasteiger partial charge < -0.3 is 61.6 Å². The van der Waals surface area contributed by atoms with Crippen LogP contribution < -0.4 is 26.6 Å². The summed E-state index contributed by atoms with van der Waals surface area (Å²) in [4.78, 5) is 97.4. The van der Waals surface area contributed by atoms with Crippen LogP contribution in [0, 0.1) is 0 Å². The number of benzene rings is 1. The number of ether oxygens (including phenoxy) is 2. The number of nitrogens with one attached hydrogen (secondary N) is 5. The molecule has 0 bridgehead atoms. The van der Waals surface area contributed by atoms with E-state index in [0.29, 0.717) is 42.7 Å². The zero-order valence-corrected chi connectivity index (χ0v) is 35.1. The van der Waals surface area contributed by atoms with Gasteiger partial charge in [0.25, 0.3) is 0 Å². The zero-order chi connectivity index (χ0) is 45.4. The number of aliphatic carboxylic acids is 5. The fraction of sp³-hybridized carbons (Fsp3) is 0.632. The standard InChI is InChI=1S/C38H58N8O15S/c47-30(4-2-1-3-29-36-28(24-62-29)42-38(59)43-36)39-9-13-60-15-16-61-14-10-40-37(58)41-26-7-5-25(6-8-26)17-27(46(22-34(54)55)23-35(56)57)18-44(19-31(48)49)11-12-45(20-32(50)51)21-33(52)53/h5-8,27-29,36H,1-4,9-24H2,(H,39,47)(H,48,49)(H,50,51)(H,52,53)(H,54,55)(H,56,57)(H2,40,41,58)(H2,42,43,59)/t27?,28-,29-,36-/m0/s1. The largest absolute Gasteiger partial charge is 0.480 e. The van der Waals surface area contributed by atoms with Gasteiger partial charge in [-0.2, -0.15) is 11.8 Å². The van der Waals surface area contributed by atoms with Crippen LogP contribution in [0.5, 0.6) is 0 Å². The van der Waals surface area contributed by atoms with E-state index in [9.17, 15) is 63.9 Å². The molecule has 2 aliphatic heterocycles. The lowest BCUT2D eigenvalue weighted by atomic mass is 10.0. The van der Waals surface area contributed by atoms with Gasteiger partial charge in [0.05, 0.1) is 71.2 Å². The van der Waals surface area contributed by atoms with Crippen molar-refractivity contribution in [3.63, 3.8) is 0 Å². The summed E-state index contributed by atoms with van der Waals surface area (Å²) in [7, 11) is 0. The van der Waals surface area contributed by atoms with Crippen molar-refractivity contribution in [2.45, 2.75) is 55.5 Å². The van der Waals surface area contributed by atoms with Gasteiger partial charge in [0, 0.05) is 61.9 Å². The van der Waals surface area contributed by atoms with E-state index < -0.39 is 74.6 Å². The van der Waals surface area contributed by atoms with Gasteiger partial charge in [-0.1, -0.05) is 18.6 Å². The van der Waals surface area contributed by atoms with Crippen molar-refractivity contribution in [3.05, 3.63) is 29.8 Å². The maximum Gasteiger partial charge on any atom is 0.319 e. The highest BCUT2D eigenvalue weighted by Gasteiger charge is 2.42. The summed E-state index contributed by atoms with van der Waals surface area (Å²) in [6.45, 7) is -2.01. The molecule has 5 amide bonds. The topological polar surface area (TPSA) is 326 Å². The van der Waals surface area contributed by atoms with Gasteiger partial charge >= 0.3 is 41.9 Å². The summed E-state index contributed by atoms with van der Waals surface area (Å²) in [6.07, 6.45) is 3.10. The number of unbranched alkanes of at least 4 members (excludes halogenated alkanes) is 1. The van der Waals surface area contributed by atoms with Gasteiger partial charge in [-0.3, -0.25) is 43.5 Å². The van der Waals surface area contributed by atoms with Gasteiger partial charge in [0.15, 0.2) is 0 Å². The van der Waals surface area contributed by atoms with Crippen LogP contribution in [0.2, 0.25) is 0 Å². The number of carbonyl (C=O) groups excluding carboxylic acids is 3. The first-order valence-corrected chi connectivity index (χ1v) is 21.1. The maximum atomic E-state index is 12.5. The van der Waals surface area contributed by atoms with Crippen LogP contribution in [0.4, 0.5) is 15.3 Å². The number of thioether (sulfide) groups is 1. The van der Waals surface area contributed by atoms with E-state index in [1.165, 1.54) is 4.90 Å². The summed E-state index contributed by atoms with van der Waals surface area (Å²) in [6, 6.07) is 5.27. The van der Waals surface area contributed by atoms with Crippen molar-refractivity contribution in [1.29, 1.82) is 0 Å². The smallest absolute Gasteiger partial charge is 0.319 e. The summed E-state index contributed by atoms with van der Waals surface area (Å²) < 4.78 is 11.0. The molecule has 2 saturated heterocycles. The molecule has 1 aromatic carbocycles. The van der Waals surface area contributed by atoms with Crippen molar-refractivity contribution in [2.24, 2.45) is 0 Å². The van der Waals surface area contributed by atoms with Gasteiger partial charge in [-0.15, -0.1) is 0 Å². The first kappa shape index (κ1) is 51.1. The Hall–Kier alpha value is -5.27. The summed E-state index contributed by atoms with van der Waals surface area (Å²) >= 11 is 1.85. The predicted molar refractivity (Wildman–Crippen MR) is 222 cm³/mol. The van der Waals surface area contributed by atoms with Gasteiger partial charge in [0.1, 0.15) is 0 Å². The molecule has 62 heavy (non-hydrogen) atoms. The summed E-state index contributed by atoms with van der Waals surface area (Å²) in [5, 5.41) is 61.4. The van der Waals surface area contributed by atoms with Gasteiger partial charge in [-0.25, -0.2) is 9.59 Å². The van der Waals surface area contributed by atoms with Crippen molar-refractivity contribution < 1.29 is 73.4 Å². The monoisotopic (exact) mass is 898 g/mol. The molecule has 10 N–H and O–H groups in total. The molecule has 1 unspecified atom stereocenters. The fourth-order valence-electron chi connectivity index (χ4n) is 6.93. The number of fused-ring (bicyclic) bond motifs is 1. The Morgan fingerprint density at radius 1 is 0.726 bits per heavy atom. The Morgan fingerprint density at radius 3 is 1.89 bits per heavy atom.